The van der Waals surface area contributed by atoms with Crippen LogP contribution in [0.25, 0.3) is 0 Å². The Labute approximate surface area is 141 Å². The van der Waals surface area contributed by atoms with E-state index in [1.54, 1.807) is 30.3 Å². The molecule has 0 spiro atoms. The number of nitrogens with one attached hydrogen (secondary N) is 1. The Morgan fingerprint density at radius 1 is 0.952 bits per heavy atom. The van der Waals surface area contributed by atoms with E-state index >= 15 is 0 Å². The molecule has 1 N–H and O–H groups in total. The van der Waals surface area contributed by atoms with E-state index in [-0.39, 0.29) is 6.61 Å². The average Bonchev–Trinajstić information content (AvgIpc) is 2.42. The first-order valence-corrected chi connectivity index (χ1v) is 7.29. The van der Waals surface area contributed by atoms with Crippen LogP contribution >= 0.6 is 46.4 Å². The zero-order chi connectivity index (χ0) is 15.4. The molecule has 3 nitrogen and oxygen atoms in total. The van der Waals surface area contributed by atoms with Crippen molar-refractivity contribution in [2.75, 3.05) is 5.32 Å². The van der Waals surface area contributed by atoms with Crippen LogP contribution in [0.4, 0.5) is 10.5 Å². The molecule has 2 rings (SSSR count). The van der Waals surface area contributed by atoms with Crippen LogP contribution in [0.1, 0.15) is 5.56 Å². The van der Waals surface area contributed by atoms with Crippen molar-refractivity contribution < 1.29 is 9.53 Å². The lowest BCUT2D eigenvalue weighted by molar-refractivity contribution is 0.155. The quantitative estimate of drug-likeness (QED) is 0.719. The van der Waals surface area contributed by atoms with Gasteiger partial charge in [-0.15, -0.1) is 0 Å². The van der Waals surface area contributed by atoms with Gasteiger partial charge < -0.3 is 4.74 Å². The summed E-state index contributed by atoms with van der Waals surface area (Å²) in [6.45, 7) is 0.0309. The summed E-state index contributed by atoms with van der Waals surface area (Å²) in [6, 6.07) is 9.67. The SMILES string of the molecule is O=C(Nc1ccc(Cl)c(Cl)c1)OCc1ccc(Cl)cc1Cl. The predicted octanol–water partition coefficient (Wildman–Crippen LogP) is 6.05. The fourth-order valence-electron chi connectivity index (χ4n) is 1.51. The highest BCUT2D eigenvalue weighted by Gasteiger charge is 2.08. The molecule has 1 amide bonds. The van der Waals surface area contributed by atoms with Crippen LogP contribution in [0.2, 0.25) is 20.1 Å². The number of amides is 1. The molecule has 0 heterocycles. The van der Waals surface area contributed by atoms with Gasteiger partial charge in [0.15, 0.2) is 0 Å². The first-order chi connectivity index (χ1) is 9.95. The van der Waals surface area contributed by atoms with Crippen molar-refractivity contribution in [2.45, 2.75) is 6.61 Å². The first kappa shape index (κ1) is 16.2. The maximum absolute atomic E-state index is 11.7. The molecule has 0 aromatic heterocycles. The Morgan fingerprint density at radius 3 is 2.38 bits per heavy atom. The van der Waals surface area contributed by atoms with Gasteiger partial charge in [0.1, 0.15) is 6.61 Å². The minimum atomic E-state index is -0.626. The smallest absolute Gasteiger partial charge is 0.411 e. The lowest BCUT2D eigenvalue weighted by atomic mass is 10.2. The zero-order valence-electron chi connectivity index (χ0n) is 10.5. The average molecular weight is 365 g/mol. The summed E-state index contributed by atoms with van der Waals surface area (Å²) in [6.07, 6.45) is -0.626. The van der Waals surface area contributed by atoms with Crippen LogP contribution in [-0.4, -0.2) is 6.09 Å². The molecule has 0 fully saturated rings. The fraction of sp³-hybridized carbons (Fsp3) is 0.0714. The number of benzene rings is 2. The number of hydrogen-bond acceptors (Lipinski definition) is 2. The largest absolute Gasteiger partial charge is 0.444 e. The van der Waals surface area contributed by atoms with Crippen LogP contribution in [-0.2, 0) is 11.3 Å². The van der Waals surface area contributed by atoms with Crippen LogP contribution in [0.3, 0.4) is 0 Å². The summed E-state index contributed by atoms with van der Waals surface area (Å²) in [5.74, 6) is 0. The predicted molar refractivity (Wildman–Crippen MR) is 86.7 cm³/mol. The molecule has 0 aliphatic heterocycles. The molecule has 0 atom stereocenters. The van der Waals surface area contributed by atoms with E-state index in [0.29, 0.717) is 31.3 Å². The van der Waals surface area contributed by atoms with Crippen LogP contribution < -0.4 is 5.32 Å². The minimum Gasteiger partial charge on any atom is -0.444 e. The summed E-state index contributed by atoms with van der Waals surface area (Å²) >= 11 is 23.4. The van der Waals surface area contributed by atoms with Gasteiger partial charge in [-0.2, -0.15) is 0 Å². The van der Waals surface area contributed by atoms with Crippen molar-refractivity contribution in [2.24, 2.45) is 0 Å². The molecule has 0 aliphatic rings. The maximum Gasteiger partial charge on any atom is 0.411 e. The summed E-state index contributed by atoms with van der Waals surface area (Å²) in [5, 5.41) is 4.24. The van der Waals surface area contributed by atoms with E-state index in [2.05, 4.69) is 5.32 Å². The van der Waals surface area contributed by atoms with E-state index in [1.165, 1.54) is 6.07 Å². The topological polar surface area (TPSA) is 38.3 Å². The normalized spacial score (nSPS) is 10.3. The van der Waals surface area contributed by atoms with Gasteiger partial charge >= 0.3 is 6.09 Å². The highest BCUT2D eigenvalue weighted by molar-refractivity contribution is 6.42. The zero-order valence-corrected chi connectivity index (χ0v) is 13.5. The molecule has 0 bridgehead atoms. The number of anilines is 1. The van der Waals surface area contributed by atoms with Crippen molar-refractivity contribution in [3.05, 3.63) is 62.1 Å². The lowest BCUT2D eigenvalue weighted by Crippen LogP contribution is -2.13. The number of halogens is 4. The molecular formula is C14H9Cl4NO2. The van der Waals surface area contributed by atoms with Crippen LogP contribution in [0.5, 0.6) is 0 Å². The van der Waals surface area contributed by atoms with Gasteiger partial charge in [-0.1, -0.05) is 52.5 Å². The molecule has 0 saturated heterocycles. The Balaban J connectivity index is 1.94. The lowest BCUT2D eigenvalue weighted by Gasteiger charge is -2.09. The molecule has 110 valence electrons. The molecule has 0 aliphatic carbocycles. The summed E-state index contributed by atoms with van der Waals surface area (Å²) < 4.78 is 5.07. The second-order valence-corrected chi connectivity index (χ2v) is 5.72. The third-order valence-corrected chi connectivity index (χ3v) is 3.87. The van der Waals surface area contributed by atoms with Gasteiger partial charge in [0.05, 0.1) is 10.0 Å². The third-order valence-electron chi connectivity index (χ3n) is 2.54. The molecule has 0 unspecified atom stereocenters. The van der Waals surface area contributed by atoms with Crippen LogP contribution in [0, 0.1) is 0 Å². The Morgan fingerprint density at radius 2 is 1.71 bits per heavy atom. The van der Waals surface area contributed by atoms with E-state index < -0.39 is 6.09 Å². The third kappa shape index (κ3) is 4.68. The van der Waals surface area contributed by atoms with Crippen molar-refractivity contribution in [1.82, 2.24) is 0 Å². The number of ether oxygens (including phenoxy) is 1. The number of carbonyl (C=O) groups is 1. The molecule has 7 heteroatoms. The standard InChI is InChI=1S/C14H9Cl4NO2/c15-9-2-1-8(12(17)5-9)7-21-14(20)19-10-3-4-11(16)13(18)6-10/h1-6H,7H2,(H,19,20). The van der Waals surface area contributed by atoms with Gasteiger partial charge in [0.2, 0.25) is 0 Å². The van der Waals surface area contributed by atoms with Gasteiger partial charge in [0.25, 0.3) is 0 Å². The van der Waals surface area contributed by atoms with Crippen molar-refractivity contribution in [3.63, 3.8) is 0 Å². The number of rotatable bonds is 3. The second kappa shape index (κ2) is 7.23. The van der Waals surface area contributed by atoms with Gasteiger partial charge in [-0.05, 0) is 30.3 Å². The maximum atomic E-state index is 11.7. The second-order valence-electron chi connectivity index (χ2n) is 4.07. The summed E-state index contributed by atoms with van der Waals surface area (Å²) in [4.78, 5) is 11.7. The summed E-state index contributed by atoms with van der Waals surface area (Å²) in [5.41, 5.74) is 1.14. The molecule has 0 saturated carbocycles. The van der Waals surface area contributed by atoms with Crippen molar-refractivity contribution in [3.8, 4) is 0 Å². The highest BCUT2D eigenvalue weighted by Crippen LogP contribution is 2.25. The van der Waals surface area contributed by atoms with E-state index in [4.69, 9.17) is 51.1 Å². The monoisotopic (exact) mass is 363 g/mol. The van der Waals surface area contributed by atoms with Gasteiger partial charge in [-0.25, -0.2) is 4.79 Å². The van der Waals surface area contributed by atoms with Crippen molar-refractivity contribution in [1.29, 1.82) is 0 Å². The molecule has 2 aromatic carbocycles. The fourth-order valence-corrected chi connectivity index (χ4v) is 2.27. The Kier molecular flexibility index (Phi) is 5.59. The van der Waals surface area contributed by atoms with Gasteiger partial charge in [-0.3, -0.25) is 5.32 Å². The molecule has 21 heavy (non-hydrogen) atoms. The Hall–Kier alpha value is -1.13. The molecule has 2 aromatic rings. The molecule has 0 radical (unpaired) electrons. The van der Waals surface area contributed by atoms with Crippen LogP contribution in [0.15, 0.2) is 36.4 Å². The summed E-state index contributed by atoms with van der Waals surface area (Å²) in [7, 11) is 0. The van der Waals surface area contributed by atoms with Gasteiger partial charge in [0, 0.05) is 21.3 Å². The van der Waals surface area contributed by atoms with E-state index in [1.807, 2.05) is 0 Å². The first-order valence-electron chi connectivity index (χ1n) is 5.78. The van der Waals surface area contributed by atoms with E-state index in [9.17, 15) is 4.79 Å². The van der Waals surface area contributed by atoms with E-state index in [0.717, 1.165) is 0 Å². The van der Waals surface area contributed by atoms with Crippen molar-refractivity contribution >= 4 is 58.2 Å². The number of carbonyl (C=O) groups excluding carboxylic acids is 1. The highest BCUT2D eigenvalue weighted by atomic mass is 35.5. The minimum absolute atomic E-state index is 0.0309. The Bertz CT molecular complexity index is 676. The molecular weight excluding hydrogens is 356 g/mol. The number of hydrogen-bond donors (Lipinski definition) is 1.